The summed E-state index contributed by atoms with van der Waals surface area (Å²) in [5.74, 6) is -0.277. The van der Waals surface area contributed by atoms with Crippen LogP contribution in [0.2, 0.25) is 0 Å². The lowest BCUT2D eigenvalue weighted by Crippen LogP contribution is -2.13. The third-order valence-corrected chi connectivity index (χ3v) is 2.80. The molecule has 4 nitrogen and oxygen atoms in total. The van der Waals surface area contributed by atoms with E-state index in [0.29, 0.717) is 12.1 Å². The molecule has 17 heavy (non-hydrogen) atoms. The number of nitrogens with zero attached hydrogens (tertiary/aromatic N) is 1. The molecule has 1 aromatic carbocycles. The number of fused-ring (bicyclic) bond motifs is 1. The van der Waals surface area contributed by atoms with Crippen molar-refractivity contribution in [3.05, 3.63) is 34.3 Å². The zero-order valence-electron chi connectivity index (χ0n) is 10.3. The van der Waals surface area contributed by atoms with Gasteiger partial charge in [-0.25, -0.2) is 4.79 Å². The summed E-state index contributed by atoms with van der Waals surface area (Å²) >= 11 is 0. The summed E-state index contributed by atoms with van der Waals surface area (Å²) in [5, 5.41) is 3.32. The molecule has 0 unspecified atom stereocenters. The zero-order valence-corrected chi connectivity index (χ0v) is 10.3. The highest BCUT2D eigenvalue weighted by atomic mass is 16.4. The Bertz CT molecular complexity index is 554. The number of nitrogens with one attached hydrogen (secondary N) is 1. The van der Waals surface area contributed by atoms with Gasteiger partial charge in [0.15, 0.2) is 5.58 Å². The minimum absolute atomic E-state index is 0.277. The number of hydrogen-bond donors (Lipinski definition) is 1. The van der Waals surface area contributed by atoms with Crippen molar-refractivity contribution >= 4 is 11.1 Å². The normalized spacial score (nSPS) is 11.2. The Morgan fingerprint density at radius 3 is 2.88 bits per heavy atom. The number of hydrogen-bond acceptors (Lipinski definition) is 3. The second-order valence-electron chi connectivity index (χ2n) is 4.09. The number of benzene rings is 1. The first kappa shape index (κ1) is 11.9. The van der Waals surface area contributed by atoms with Crippen LogP contribution in [-0.4, -0.2) is 11.1 Å². The molecule has 92 valence electrons. The van der Waals surface area contributed by atoms with Gasteiger partial charge in [-0.1, -0.05) is 13.0 Å². The molecule has 0 aliphatic carbocycles. The van der Waals surface area contributed by atoms with E-state index in [1.165, 1.54) is 0 Å². The van der Waals surface area contributed by atoms with E-state index in [9.17, 15) is 4.79 Å². The molecule has 2 aromatic rings. The van der Waals surface area contributed by atoms with E-state index in [1.54, 1.807) is 4.57 Å². The molecular weight excluding hydrogens is 216 g/mol. The van der Waals surface area contributed by atoms with E-state index in [2.05, 4.69) is 12.2 Å². The van der Waals surface area contributed by atoms with Gasteiger partial charge >= 0.3 is 5.76 Å². The standard InChI is InChI=1S/C13H18N2O2/c1-3-7-14-9-10-5-6-11-12(8-10)17-13(16)15(11)4-2/h5-6,8,14H,3-4,7,9H2,1-2H3. The van der Waals surface area contributed by atoms with E-state index in [-0.39, 0.29) is 5.76 Å². The molecule has 0 bridgehead atoms. The van der Waals surface area contributed by atoms with Crippen molar-refractivity contribution in [2.24, 2.45) is 0 Å². The fourth-order valence-electron chi connectivity index (χ4n) is 1.93. The molecule has 0 aliphatic heterocycles. The number of oxazole rings is 1. The van der Waals surface area contributed by atoms with Crippen LogP contribution in [0.25, 0.3) is 11.1 Å². The highest BCUT2D eigenvalue weighted by Crippen LogP contribution is 2.14. The maximum Gasteiger partial charge on any atom is 0.419 e. The summed E-state index contributed by atoms with van der Waals surface area (Å²) in [6.45, 7) is 6.52. The van der Waals surface area contributed by atoms with Gasteiger partial charge in [-0.2, -0.15) is 0 Å². The van der Waals surface area contributed by atoms with Crippen LogP contribution in [0.1, 0.15) is 25.8 Å². The zero-order chi connectivity index (χ0) is 12.3. The summed E-state index contributed by atoms with van der Waals surface area (Å²) in [5.41, 5.74) is 2.69. The first-order valence-electron chi connectivity index (χ1n) is 6.09. The van der Waals surface area contributed by atoms with E-state index in [4.69, 9.17) is 4.42 Å². The summed E-state index contributed by atoms with van der Waals surface area (Å²) in [6, 6.07) is 5.92. The first-order chi connectivity index (χ1) is 8.26. The Labute approximate surface area is 100 Å². The Hall–Kier alpha value is -1.55. The van der Waals surface area contributed by atoms with Crippen molar-refractivity contribution in [3.8, 4) is 0 Å². The Morgan fingerprint density at radius 1 is 1.35 bits per heavy atom. The highest BCUT2D eigenvalue weighted by molar-refractivity contribution is 5.73. The molecular formula is C13H18N2O2. The molecule has 1 N–H and O–H groups in total. The van der Waals surface area contributed by atoms with Gasteiger partial charge in [0.2, 0.25) is 0 Å². The minimum Gasteiger partial charge on any atom is -0.408 e. The highest BCUT2D eigenvalue weighted by Gasteiger charge is 2.07. The second kappa shape index (κ2) is 5.19. The van der Waals surface area contributed by atoms with Crippen LogP contribution in [0.15, 0.2) is 27.4 Å². The quantitative estimate of drug-likeness (QED) is 0.806. The molecule has 4 heteroatoms. The van der Waals surface area contributed by atoms with Crippen molar-refractivity contribution in [2.45, 2.75) is 33.4 Å². The fourth-order valence-corrected chi connectivity index (χ4v) is 1.93. The van der Waals surface area contributed by atoms with Crippen molar-refractivity contribution in [3.63, 3.8) is 0 Å². The molecule has 0 saturated heterocycles. The van der Waals surface area contributed by atoms with Gasteiger partial charge in [0.1, 0.15) is 0 Å². The third-order valence-electron chi connectivity index (χ3n) is 2.80. The van der Waals surface area contributed by atoms with Crippen LogP contribution < -0.4 is 11.1 Å². The topological polar surface area (TPSA) is 47.2 Å². The van der Waals surface area contributed by atoms with Gasteiger partial charge in [-0.15, -0.1) is 0 Å². The lowest BCUT2D eigenvalue weighted by Gasteiger charge is -2.03. The predicted octanol–water partition coefficient (Wildman–Crippen LogP) is 2.11. The average Bonchev–Trinajstić information content (AvgIpc) is 2.64. The lowest BCUT2D eigenvalue weighted by atomic mass is 10.2. The number of aryl methyl sites for hydroxylation is 1. The van der Waals surface area contributed by atoms with Crippen LogP contribution in [0.3, 0.4) is 0 Å². The summed E-state index contributed by atoms with van der Waals surface area (Å²) in [7, 11) is 0. The molecule has 0 saturated carbocycles. The van der Waals surface area contributed by atoms with Crippen LogP contribution >= 0.6 is 0 Å². The van der Waals surface area contributed by atoms with Crippen LogP contribution in [-0.2, 0) is 13.1 Å². The van der Waals surface area contributed by atoms with Gasteiger partial charge in [-0.05, 0) is 37.6 Å². The van der Waals surface area contributed by atoms with Crippen LogP contribution in [0.4, 0.5) is 0 Å². The van der Waals surface area contributed by atoms with Crippen molar-refractivity contribution in [1.29, 1.82) is 0 Å². The minimum atomic E-state index is -0.277. The summed E-state index contributed by atoms with van der Waals surface area (Å²) in [6.07, 6.45) is 1.11. The van der Waals surface area contributed by atoms with E-state index >= 15 is 0 Å². The van der Waals surface area contributed by atoms with Gasteiger partial charge in [0.05, 0.1) is 5.52 Å². The molecule has 0 fully saturated rings. The maximum atomic E-state index is 11.5. The van der Waals surface area contributed by atoms with Crippen LogP contribution in [0, 0.1) is 0 Å². The largest absolute Gasteiger partial charge is 0.419 e. The van der Waals surface area contributed by atoms with Crippen LogP contribution in [0.5, 0.6) is 0 Å². The fraction of sp³-hybridized carbons (Fsp3) is 0.462. The van der Waals surface area contributed by atoms with Crippen molar-refractivity contribution in [2.75, 3.05) is 6.54 Å². The molecule has 1 aromatic heterocycles. The molecule has 0 aliphatic rings. The first-order valence-corrected chi connectivity index (χ1v) is 6.09. The Morgan fingerprint density at radius 2 is 2.18 bits per heavy atom. The molecule has 0 atom stereocenters. The molecule has 0 radical (unpaired) electrons. The van der Waals surface area contributed by atoms with Gasteiger partial charge in [0.25, 0.3) is 0 Å². The maximum absolute atomic E-state index is 11.5. The van der Waals surface area contributed by atoms with Gasteiger partial charge in [0, 0.05) is 13.1 Å². The lowest BCUT2D eigenvalue weighted by molar-refractivity contribution is 0.513. The molecule has 0 spiro atoms. The molecule has 2 rings (SSSR count). The van der Waals surface area contributed by atoms with Gasteiger partial charge in [-0.3, -0.25) is 4.57 Å². The smallest absolute Gasteiger partial charge is 0.408 e. The average molecular weight is 234 g/mol. The number of aromatic nitrogens is 1. The Balaban J connectivity index is 2.29. The summed E-state index contributed by atoms with van der Waals surface area (Å²) in [4.78, 5) is 11.5. The second-order valence-corrected chi connectivity index (χ2v) is 4.09. The van der Waals surface area contributed by atoms with E-state index in [0.717, 1.165) is 30.6 Å². The number of rotatable bonds is 5. The van der Waals surface area contributed by atoms with Gasteiger partial charge < -0.3 is 9.73 Å². The van der Waals surface area contributed by atoms with E-state index < -0.39 is 0 Å². The SMILES string of the molecule is CCCNCc1ccc2c(c1)oc(=O)n2CC. The summed E-state index contributed by atoms with van der Waals surface area (Å²) < 4.78 is 6.85. The van der Waals surface area contributed by atoms with E-state index in [1.807, 2.05) is 25.1 Å². The Kier molecular flexibility index (Phi) is 3.64. The monoisotopic (exact) mass is 234 g/mol. The third kappa shape index (κ3) is 2.42. The van der Waals surface area contributed by atoms with Crippen molar-refractivity contribution < 1.29 is 4.42 Å². The van der Waals surface area contributed by atoms with Crippen molar-refractivity contribution in [1.82, 2.24) is 9.88 Å². The molecule has 1 heterocycles. The molecule has 0 amide bonds. The predicted molar refractivity (Wildman–Crippen MR) is 68.1 cm³/mol.